The summed E-state index contributed by atoms with van der Waals surface area (Å²) in [6, 6.07) is 1.70. The highest BCUT2D eigenvalue weighted by atomic mass is 35.5. The fourth-order valence-corrected chi connectivity index (χ4v) is 3.43. The van der Waals surface area contributed by atoms with E-state index in [1.165, 1.54) is 18.6 Å². The van der Waals surface area contributed by atoms with Crippen LogP contribution in [0.3, 0.4) is 0 Å². The molecule has 154 valence electrons. The SMILES string of the molecule is CC(C)(Oc1cnc(C2C=CC(F)=C(Cl)C2F)c2ncnc(N)c12)c1ncccn1. The Bertz CT molecular complexity index is 1170. The summed E-state index contributed by atoms with van der Waals surface area (Å²) in [7, 11) is 0. The van der Waals surface area contributed by atoms with Gasteiger partial charge < -0.3 is 10.5 Å². The maximum Gasteiger partial charge on any atom is 0.171 e. The number of fused-ring (bicyclic) bond motifs is 1. The van der Waals surface area contributed by atoms with Crippen LogP contribution in [0, 0.1) is 0 Å². The number of halogens is 3. The quantitative estimate of drug-likeness (QED) is 0.664. The number of anilines is 1. The molecule has 0 amide bonds. The lowest BCUT2D eigenvalue weighted by Crippen LogP contribution is -2.28. The van der Waals surface area contributed by atoms with Gasteiger partial charge in [-0.25, -0.2) is 28.7 Å². The van der Waals surface area contributed by atoms with E-state index >= 15 is 0 Å². The predicted octanol–water partition coefficient (Wildman–Crippen LogP) is 4.12. The summed E-state index contributed by atoms with van der Waals surface area (Å²) < 4.78 is 34.5. The highest BCUT2D eigenvalue weighted by Gasteiger charge is 2.33. The molecule has 0 bridgehead atoms. The van der Waals surface area contributed by atoms with Gasteiger partial charge in [0.2, 0.25) is 0 Å². The molecular weight excluding hydrogens is 414 g/mol. The summed E-state index contributed by atoms with van der Waals surface area (Å²) in [5.41, 5.74) is 5.70. The Morgan fingerprint density at radius 2 is 1.87 bits per heavy atom. The van der Waals surface area contributed by atoms with Crippen molar-refractivity contribution >= 4 is 28.3 Å². The summed E-state index contributed by atoms with van der Waals surface area (Å²) in [6.07, 6.45) is 6.54. The number of aromatic nitrogens is 5. The van der Waals surface area contributed by atoms with Gasteiger partial charge in [0.15, 0.2) is 23.3 Å². The molecule has 0 spiro atoms. The van der Waals surface area contributed by atoms with E-state index in [1.54, 1.807) is 32.3 Å². The molecule has 2 unspecified atom stereocenters. The van der Waals surface area contributed by atoms with Crippen molar-refractivity contribution in [1.29, 1.82) is 0 Å². The largest absolute Gasteiger partial charge is 0.477 e. The number of nitrogens with zero attached hydrogens (tertiary/aromatic N) is 5. The van der Waals surface area contributed by atoms with Gasteiger partial charge in [-0.15, -0.1) is 0 Å². The molecule has 3 aromatic heterocycles. The molecule has 2 atom stereocenters. The van der Waals surface area contributed by atoms with E-state index < -0.39 is 28.5 Å². The third-order valence-corrected chi connectivity index (χ3v) is 5.10. The molecule has 3 heterocycles. The molecule has 3 aromatic rings. The molecule has 0 aromatic carbocycles. The average Bonchev–Trinajstić information content (AvgIpc) is 2.73. The maximum absolute atomic E-state index is 14.8. The van der Waals surface area contributed by atoms with Gasteiger partial charge in [0, 0.05) is 12.4 Å². The molecule has 4 rings (SSSR count). The zero-order valence-electron chi connectivity index (χ0n) is 16.1. The van der Waals surface area contributed by atoms with Crippen molar-refractivity contribution in [2.45, 2.75) is 31.5 Å². The number of alkyl halides is 1. The molecule has 30 heavy (non-hydrogen) atoms. The summed E-state index contributed by atoms with van der Waals surface area (Å²) in [5, 5.41) is -0.152. The lowest BCUT2D eigenvalue weighted by molar-refractivity contribution is 0.0999. The Labute approximate surface area is 175 Å². The van der Waals surface area contributed by atoms with Crippen LogP contribution in [0.4, 0.5) is 14.6 Å². The fraction of sp³-hybridized carbons (Fsp3) is 0.250. The number of pyridine rings is 1. The molecule has 0 saturated heterocycles. The molecule has 10 heteroatoms. The lowest BCUT2D eigenvalue weighted by Gasteiger charge is -2.26. The van der Waals surface area contributed by atoms with Crippen LogP contribution in [0.15, 0.2) is 54.0 Å². The number of allylic oxidation sites excluding steroid dienone is 4. The smallest absolute Gasteiger partial charge is 0.171 e. The van der Waals surface area contributed by atoms with Gasteiger partial charge in [-0.3, -0.25) is 4.98 Å². The molecule has 0 radical (unpaired) electrons. The summed E-state index contributed by atoms with van der Waals surface area (Å²) in [6.45, 7) is 3.58. The Balaban J connectivity index is 1.82. The zero-order chi connectivity index (χ0) is 21.5. The van der Waals surface area contributed by atoms with Crippen LogP contribution >= 0.6 is 11.6 Å². The summed E-state index contributed by atoms with van der Waals surface area (Å²) >= 11 is 5.79. The van der Waals surface area contributed by atoms with Gasteiger partial charge in [-0.2, -0.15) is 0 Å². The van der Waals surface area contributed by atoms with Crippen LogP contribution in [-0.2, 0) is 5.60 Å². The Hall–Kier alpha value is -3.20. The monoisotopic (exact) mass is 430 g/mol. The van der Waals surface area contributed by atoms with Gasteiger partial charge in [0.1, 0.15) is 23.5 Å². The molecule has 0 aliphatic heterocycles. The highest BCUT2D eigenvalue weighted by molar-refractivity contribution is 6.30. The van der Waals surface area contributed by atoms with E-state index in [0.717, 1.165) is 6.08 Å². The van der Waals surface area contributed by atoms with Crippen molar-refractivity contribution in [3.8, 4) is 5.75 Å². The minimum atomic E-state index is -1.80. The Morgan fingerprint density at radius 3 is 2.60 bits per heavy atom. The number of nitrogen functional groups attached to an aromatic ring is 1. The van der Waals surface area contributed by atoms with Crippen molar-refractivity contribution in [3.05, 3.63) is 65.5 Å². The first kappa shape index (κ1) is 20.1. The topological polar surface area (TPSA) is 99.7 Å². The molecular formula is C20H17ClF2N6O. The van der Waals surface area contributed by atoms with E-state index in [2.05, 4.69) is 24.9 Å². The summed E-state index contributed by atoms with van der Waals surface area (Å²) in [5.74, 6) is -0.889. The fourth-order valence-electron chi connectivity index (χ4n) is 3.23. The third kappa shape index (κ3) is 3.45. The molecule has 0 saturated carbocycles. The van der Waals surface area contributed by atoms with Crippen molar-refractivity contribution in [1.82, 2.24) is 24.9 Å². The molecule has 2 N–H and O–H groups in total. The standard InChI is InChI=1S/C20H17ClF2N6O/c1-20(2,19-25-6-3-7-26-19)30-12-8-27-16(17-13(12)18(24)29-9-28-17)10-4-5-11(22)14(21)15(10)23/h3-10,15H,1-2H3,(H2,24,28,29). The number of nitrogens with two attached hydrogens (primary N) is 1. The first-order chi connectivity index (χ1) is 14.3. The van der Waals surface area contributed by atoms with Crippen molar-refractivity contribution in [2.24, 2.45) is 0 Å². The van der Waals surface area contributed by atoms with E-state index in [0.29, 0.717) is 11.2 Å². The van der Waals surface area contributed by atoms with Crippen LogP contribution in [0.1, 0.15) is 31.3 Å². The first-order valence-corrected chi connectivity index (χ1v) is 9.40. The number of rotatable bonds is 4. The second-order valence-electron chi connectivity index (χ2n) is 7.16. The average molecular weight is 431 g/mol. The second-order valence-corrected chi connectivity index (χ2v) is 7.56. The van der Waals surface area contributed by atoms with Crippen LogP contribution in [0.2, 0.25) is 0 Å². The zero-order valence-corrected chi connectivity index (χ0v) is 16.8. The molecule has 7 nitrogen and oxygen atoms in total. The van der Waals surface area contributed by atoms with Gasteiger partial charge >= 0.3 is 0 Å². The maximum atomic E-state index is 14.8. The minimum absolute atomic E-state index is 0.131. The molecule has 0 fully saturated rings. The highest BCUT2D eigenvalue weighted by Crippen LogP contribution is 2.41. The van der Waals surface area contributed by atoms with Crippen molar-refractivity contribution in [2.75, 3.05) is 5.73 Å². The van der Waals surface area contributed by atoms with E-state index in [4.69, 9.17) is 22.1 Å². The molecule has 1 aliphatic carbocycles. The van der Waals surface area contributed by atoms with E-state index in [1.807, 2.05) is 0 Å². The van der Waals surface area contributed by atoms with E-state index in [9.17, 15) is 8.78 Å². The van der Waals surface area contributed by atoms with Gasteiger partial charge in [-0.1, -0.05) is 17.7 Å². The van der Waals surface area contributed by atoms with Gasteiger partial charge in [0.05, 0.1) is 28.2 Å². The van der Waals surface area contributed by atoms with Gasteiger partial charge in [-0.05, 0) is 26.0 Å². The van der Waals surface area contributed by atoms with Crippen LogP contribution in [-0.4, -0.2) is 31.1 Å². The Morgan fingerprint density at radius 1 is 1.13 bits per heavy atom. The minimum Gasteiger partial charge on any atom is -0.477 e. The second kappa shape index (κ2) is 7.56. The van der Waals surface area contributed by atoms with E-state index in [-0.39, 0.29) is 22.8 Å². The van der Waals surface area contributed by atoms with Crippen LogP contribution in [0.25, 0.3) is 10.9 Å². The molecule has 1 aliphatic rings. The number of ether oxygens (including phenoxy) is 1. The third-order valence-electron chi connectivity index (χ3n) is 4.71. The first-order valence-electron chi connectivity index (χ1n) is 9.02. The summed E-state index contributed by atoms with van der Waals surface area (Å²) in [4.78, 5) is 21.1. The lowest BCUT2D eigenvalue weighted by atomic mass is 9.92. The van der Waals surface area contributed by atoms with Crippen molar-refractivity contribution in [3.63, 3.8) is 0 Å². The predicted molar refractivity (Wildman–Crippen MR) is 108 cm³/mol. The van der Waals surface area contributed by atoms with Crippen LogP contribution < -0.4 is 10.5 Å². The van der Waals surface area contributed by atoms with Crippen LogP contribution in [0.5, 0.6) is 5.75 Å². The van der Waals surface area contributed by atoms with Gasteiger partial charge in [0.25, 0.3) is 0 Å². The number of hydrogen-bond acceptors (Lipinski definition) is 7. The number of hydrogen-bond donors (Lipinski definition) is 1. The normalized spacial score (nSPS) is 19.4. The Kier molecular flexibility index (Phi) is 5.07. The van der Waals surface area contributed by atoms with Crippen molar-refractivity contribution < 1.29 is 13.5 Å².